The van der Waals surface area contributed by atoms with Crippen LogP contribution < -0.4 is 15.1 Å². The van der Waals surface area contributed by atoms with Gasteiger partial charge in [0.1, 0.15) is 0 Å². The monoisotopic (exact) mass is 1220 g/mol. The molecule has 520 valence electrons. The zero-order valence-corrected chi connectivity index (χ0v) is 61.6. The summed E-state index contributed by atoms with van der Waals surface area (Å²) in [6.45, 7) is 30.5. The average molecular weight is 1220 g/mol. The Morgan fingerprint density at radius 1 is 0.151 bits per heavy atom. The Labute approximate surface area is 548 Å². The molecule has 0 heterocycles. The molecule has 0 atom stereocenters. The third-order valence-electron chi connectivity index (χ3n) is 19.9. The normalized spacial score (nSPS) is 11.8. The molecule has 5 nitrogen and oxygen atoms in total. The SMILES string of the molecule is CCCCCCCCCCCCCCCC[N+](CCCC)(CCCC)CCCCCCCCCCCCCCCC.CCCCCCCCCCCCCCCC[N+](CCCC)(CCCC)CCCCCCCCCCCCCCCC.[H+].[O-]B([O-])[O-]. The highest BCUT2D eigenvalue weighted by molar-refractivity contribution is 6.24. The van der Waals surface area contributed by atoms with Gasteiger partial charge in [-0.3, -0.25) is 7.32 Å². The summed E-state index contributed by atoms with van der Waals surface area (Å²) in [4.78, 5) is 0. The molecule has 0 aliphatic heterocycles. The van der Waals surface area contributed by atoms with E-state index in [1.165, 1.54) is 472 Å². The number of quaternary nitrogens is 2. The maximum Gasteiger partial charge on any atom is 1.00 e. The number of hydrogen-bond acceptors (Lipinski definition) is 3. The van der Waals surface area contributed by atoms with Crippen molar-refractivity contribution in [3.63, 3.8) is 0 Å². The van der Waals surface area contributed by atoms with Gasteiger partial charge in [0.15, 0.2) is 0 Å². The minimum absolute atomic E-state index is 0. The summed E-state index contributed by atoms with van der Waals surface area (Å²) in [5.41, 5.74) is 0. The Balaban J connectivity index is -0.000000737. The summed E-state index contributed by atoms with van der Waals surface area (Å²) in [5.74, 6) is 0. The molecule has 0 N–H and O–H groups in total. The Bertz CT molecular complexity index is 992. The lowest BCUT2D eigenvalue weighted by molar-refractivity contribution is -0.929. The van der Waals surface area contributed by atoms with E-state index >= 15 is 0 Å². The largest absolute Gasteiger partial charge is 1.00 e. The van der Waals surface area contributed by atoms with Crippen molar-refractivity contribution in [1.29, 1.82) is 0 Å². The predicted octanol–water partition coefficient (Wildman–Crippen LogP) is 24.9. The first-order valence-electron chi connectivity index (χ1n) is 40.9. The van der Waals surface area contributed by atoms with Crippen LogP contribution in [0.3, 0.4) is 0 Å². The van der Waals surface area contributed by atoms with E-state index in [2.05, 4.69) is 55.4 Å². The Kier molecular flexibility index (Phi) is 82.8. The quantitative estimate of drug-likeness (QED) is 0.0346. The van der Waals surface area contributed by atoms with E-state index in [1.807, 2.05) is 0 Å². The second kappa shape index (κ2) is 79.1. The molecule has 0 aromatic heterocycles. The van der Waals surface area contributed by atoms with Crippen molar-refractivity contribution in [3.05, 3.63) is 0 Å². The molecule has 0 aromatic rings. The van der Waals surface area contributed by atoms with E-state index in [4.69, 9.17) is 15.1 Å². The first-order valence-corrected chi connectivity index (χ1v) is 40.9. The van der Waals surface area contributed by atoms with Crippen LogP contribution in [0.4, 0.5) is 0 Å². The molecule has 0 rings (SSSR count). The van der Waals surface area contributed by atoms with Gasteiger partial charge >= 0.3 is 1.43 Å². The van der Waals surface area contributed by atoms with Crippen LogP contribution in [0.5, 0.6) is 0 Å². The van der Waals surface area contributed by atoms with Gasteiger partial charge in [-0.05, 0) is 77.0 Å². The lowest BCUT2D eigenvalue weighted by Gasteiger charge is -2.39. The molecule has 0 saturated carbocycles. The molecule has 0 saturated heterocycles. The molecular formula is C80H169BN2O3. The van der Waals surface area contributed by atoms with Gasteiger partial charge in [-0.1, -0.05) is 389 Å². The second-order valence-corrected chi connectivity index (χ2v) is 28.6. The summed E-state index contributed by atoms with van der Waals surface area (Å²) in [7, 11) is -2.92. The number of nitrogens with zero attached hydrogens (tertiary/aromatic N) is 2. The molecule has 0 unspecified atom stereocenters. The van der Waals surface area contributed by atoms with Crippen LogP contribution in [0.25, 0.3) is 0 Å². The van der Waals surface area contributed by atoms with Crippen LogP contribution in [0, 0.1) is 0 Å². The summed E-state index contributed by atoms with van der Waals surface area (Å²) >= 11 is 0. The van der Waals surface area contributed by atoms with Gasteiger partial charge in [-0.25, -0.2) is 0 Å². The zero-order chi connectivity index (χ0) is 63.5. The highest BCUT2D eigenvalue weighted by Gasteiger charge is 2.26. The molecule has 0 fully saturated rings. The van der Waals surface area contributed by atoms with Crippen molar-refractivity contribution < 1.29 is 25.5 Å². The maximum atomic E-state index is 8.42. The maximum absolute atomic E-state index is 8.42. The highest BCUT2D eigenvalue weighted by Crippen LogP contribution is 2.23. The third-order valence-corrected chi connectivity index (χ3v) is 19.9. The van der Waals surface area contributed by atoms with Gasteiger partial charge in [-0.15, -0.1) is 0 Å². The molecule has 0 bridgehead atoms. The molecule has 0 aliphatic rings. The summed E-state index contributed by atoms with van der Waals surface area (Å²) < 4.78 is 2.91. The smallest absolute Gasteiger partial charge is 0.907 e. The molecule has 0 amide bonds. The van der Waals surface area contributed by atoms with E-state index in [9.17, 15) is 0 Å². The molecule has 86 heavy (non-hydrogen) atoms. The summed E-state index contributed by atoms with van der Waals surface area (Å²) in [5, 5.41) is 25.2. The van der Waals surface area contributed by atoms with Crippen LogP contribution >= 0.6 is 0 Å². The third kappa shape index (κ3) is 74.6. The Hall–Kier alpha value is -0.135. The summed E-state index contributed by atoms with van der Waals surface area (Å²) in [6, 6.07) is 0. The topological polar surface area (TPSA) is 69.2 Å². The van der Waals surface area contributed by atoms with Gasteiger partial charge in [-0.2, -0.15) is 0 Å². The Morgan fingerprint density at radius 2 is 0.233 bits per heavy atom. The first kappa shape index (κ1) is 90.1. The summed E-state index contributed by atoms with van der Waals surface area (Å²) in [6.07, 6.45) is 93.6. The zero-order valence-electron chi connectivity index (χ0n) is 62.6. The molecule has 0 aliphatic carbocycles. The lowest BCUT2D eigenvalue weighted by Crippen LogP contribution is -2.56. The molecular weight excluding hydrogens is 1050 g/mol. The second-order valence-electron chi connectivity index (χ2n) is 28.6. The number of hydrogen-bond donors (Lipinski definition) is 0. The number of unbranched alkanes of at least 4 members (excludes halogenated alkanes) is 56. The van der Waals surface area contributed by atoms with Crippen molar-refractivity contribution in [2.24, 2.45) is 0 Å². The van der Waals surface area contributed by atoms with E-state index in [-0.39, 0.29) is 1.43 Å². The van der Waals surface area contributed by atoms with E-state index in [0.717, 1.165) is 0 Å². The van der Waals surface area contributed by atoms with Crippen LogP contribution in [0.15, 0.2) is 0 Å². The predicted molar refractivity (Wildman–Crippen MR) is 387 cm³/mol. The van der Waals surface area contributed by atoms with Gasteiger partial charge in [0.25, 0.3) is 0 Å². The van der Waals surface area contributed by atoms with Gasteiger partial charge in [0, 0.05) is 0 Å². The van der Waals surface area contributed by atoms with Crippen molar-refractivity contribution in [2.75, 3.05) is 52.4 Å². The first-order chi connectivity index (χ1) is 42.2. The number of rotatable bonds is 72. The fourth-order valence-corrected chi connectivity index (χ4v) is 13.9. The van der Waals surface area contributed by atoms with Crippen molar-refractivity contribution in [3.8, 4) is 0 Å². The van der Waals surface area contributed by atoms with E-state index in [1.54, 1.807) is 0 Å². The van der Waals surface area contributed by atoms with Crippen LogP contribution in [0.2, 0.25) is 0 Å². The van der Waals surface area contributed by atoms with Crippen molar-refractivity contribution >= 4 is 7.32 Å². The van der Waals surface area contributed by atoms with Crippen molar-refractivity contribution in [2.45, 2.75) is 466 Å². The Morgan fingerprint density at radius 3 is 0.337 bits per heavy atom. The fourth-order valence-electron chi connectivity index (χ4n) is 13.9. The van der Waals surface area contributed by atoms with E-state index < -0.39 is 7.32 Å². The standard InChI is InChI=1S/2C40H84N.BO3/c2*1-5-9-13-15-17-19-21-23-25-27-29-31-33-35-39-41(37-11-7-3,38-12-8-4)40-36-34-32-30-28-26-24-22-20-18-16-14-10-6-2;2-1(3)4/h2*5-40H2,1-4H3;/q2*+1;-3/p+1. The van der Waals surface area contributed by atoms with Crippen LogP contribution in [-0.2, 0) is 0 Å². The average Bonchev–Trinajstić information content (AvgIpc) is 3.65. The molecule has 0 spiro atoms. The fraction of sp³-hybridized carbons (Fsp3) is 1.00. The molecule has 0 aromatic carbocycles. The van der Waals surface area contributed by atoms with Crippen molar-refractivity contribution in [1.82, 2.24) is 0 Å². The van der Waals surface area contributed by atoms with Gasteiger partial charge < -0.3 is 24.0 Å². The minimum Gasteiger partial charge on any atom is -0.907 e. The molecule has 6 heteroatoms. The minimum atomic E-state index is -2.92. The van der Waals surface area contributed by atoms with Crippen LogP contribution in [-0.4, -0.2) is 68.6 Å². The van der Waals surface area contributed by atoms with Gasteiger partial charge in [0.2, 0.25) is 0 Å². The lowest BCUT2D eigenvalue weighted by atomic mass is 10.0. The van der Waals surface area contributed by atoms with Gasteiger partial charge in [0.05, 0.1) is 52.4 Å². The highest BCUT2D eigenvalue weighted by atomic mass is 16.5. The van der Waals surface area contributed by atoms with Crippen LogP contribution in [0.1, 0.15) is 468 Å². The van der Waals surface area contributed by atoms with E-state index in [0.29, 0.717) is 0 Å². The molecule has 0 radical (unpaired) electrons.